The molecule has 84 valence electrons. The molecule has 0 bridgehead atoms. The van der Waals surface area contributed by atoms with Crippen LogP contribution in [0.2, 0.25) is 0 Å². The van der Waals surface area contributed by atoms with Crippen LogP contribution < -0.4 is 5.32 Å². The Morgan fingerprint density at radius 1 is 1.25 bits per heavy atom. The van der Waals surface area contributed by atoms with Crippen LogP contribution in [-0.2, 0) is 6.54 Å². The van der Waals surface area contributed by atoms with Gasteiger partial charge in [0.15, 0.2) is 0 Å². The summed E-state index contributed by atoms with van der Waals surface area (Å²) in [5.41, 5.74) is 1.27. The highest BCUT2D eigenvalue weighted by atomic mass is 19.1. The topological polar surface area (TPSA) is 40.7 Å². The molecule has 0 saturated carbocycles. The van der Waals surface area contributed by atoms with Crippen molar-refractivity contribution in [3.63, 3.8) is 0 Å². The van der Waals surface area contributed by atoms with Gasteiger partial charge in [0, 0.05) is 11.8 Å². The fourth-order valence-corrected chi connectivity index (χ4v) is 1.41. The zero-order valence-electron chi connectivity index (χ0n) is 8.72. The lowest BCUT2D eigenvalue weighted by molar-refractivity contribution is 0.584. The molecule has 0 saturated heterocycles. The van der Waals surface area contributed by atoms with Gasteiger partial charge in [0.05, 0.1) is 18.4 Å². The number of benzene rings is 1. The number of rotatable bonds is 3. The van der Waals surface area contributed by atoms with Crippen molar-refractivity contribution in [2.75, 3.05) is 5.32 Å². The van der Waals surface area contributed by atoms with Crippen molar-refractivity contribution < 1.29 is 8.78 Å². The van der Waals surface area contributed by atoms with E-state index in [1.54, 1.807) is 6.20 Å². The van der Waals surface area contributed by atoms with E-state index in [9.17, 15) is 8.78 Å². The number of hydrogen-bond acceptors (Lipinski definition) is 2. The van der Waals surface area contributed by atoms with Gasteiger partial charge in [-0.25, -0.2) is 13.8 Å². The third-order valence-corrected chi connectivity index (χ3v) is 2.10. The molecule has 0 atom stereocenters. The van der Waals surface area contributed by atoms with Gasteiger partial charge in [-0.2, -0.15) is 0 Å². The molecule has 3 nitrogen and oxygen atoms in total. The molecule has 1 heterocycles. The lowest BCUT2D eigenvalue weighted by Crippen LogP contribution is -2.00. The van der Waals surface area contributed by atoms with Crippen LogP contribution in [0.1, 0.15) is 11.5 Å². The predicted molar refractivity (Wildman–Crippen MR) is 57.0 cm³/mol. The Labute approximate surface area is 91.5 Å². The normalized spacial score (nSPS) is 10.4. The van der Waals surface area contributed by atoms with Gasteiger partial charge in [-0.1, -0.05) is 0 Å². The van der Waals surface area contributed by atoms with Crippen molar-refractivity contribution in [3.05, 3.63) is 47.5 Å². The van der Waals surface area contributed by atoms with Gasteiger partial charge in [0.1, 0.15) is 17.5 Å². The van der Waals surface area contributed by atoms with Gasteiger partial charge in [-0.05, 0) is 19.1 Å². The molecule has 1 aromatic heterocycles. The molecule has 2 aromatic rings. The molecule has 0 aliphatic heterocycles. The highest BCUT2D eigenvalue weighted by molar-refractivity contribution is 5.43. The van der Waals surface area contributed by atoms with Gasteiger partial charge in [0.25, 0.3) is 0 Å². The number of aromatic amines is 1. The highest BCUT2D eigenvalue weighted by Crippen LogP contribution is 2.13. The van der Waals surface area contributed by atoms with E-state index in [0.717, 1.165) is 17.6 Å². The first-order valence-electron chi connectivity index (χ1n) is 4.84. The van der Waals surface area contributed by atoms with Crippen molar-refractivity contribution in [3.8, 4) is 0 Å². The van der Waals surface area contributed by atoms with Gasteiger partial charge in [-0.15, -0.1) is 0 Å². The third kappa shape index (κ3) is 2.56. The second-order valence-electron chi connectivity index (χ2n) is 3.51. The summed E-state index contributed by atoms with van der Waals surface area (Å²) in [6.07, 6.45) is 1.68. The van der Waals surface area contributed by atoms with E-state index in [2.05, 4.69) is 15.3 Å². The summed E-state index contributed by atoms with van der Waals surface area (Å²) in [4.78, 5) is 7.03. The minimum absolute atomic E-state index is 0.407. The molecule has 1 aromatic carbocycles. The lowest BCUT2D eigenvalue weighted by atomic mass is 10.3. The summed E-state index contributed by atoms with van der Waals surface area (Å²) in [5, 5.41) is 2.90. The highest BCUT2D eigenvalue weighted by Gasteiger charge is 2.01. The van der Waals surface area contributed by atoms with E-state index in [-0.39, 0.29) is 0 Å². The van der Waals surface area contributed by atoms with Gasteiger partial charge < -0.3 is 10.3 Å². The van der Waals surface area contributed by atoms with Crippen LogP contribution in [-0.4, -0.2) is 9.97 Å². The molecule has 0 aliphatic carbocycles. The number of nitrogens with one attached hydrogen (secondary N) is 2. The van der Waals surface area contributed by atoms with Crippen LogP contribution in [0.5, 0.6) is 0 Å². The Hall–Kier alpha value is -1.91. The van der Waals surface area contributed by atoms with Crippen LogP contribution in [0, 0.1) is 18.6 Å². The second-order valence-corrected chi connectivity index (χ2v) is 3.51. The van der Waals surface area contributed by atoms with E-state index >= 15 is 0 Å². The molecular formula is C11H11F2N3. The molecular weight excluding hydrogens is 212 g/mol. The number of halogens is 2. The van der Waals surface area contributed by atoms with Crippen molar-refractivity contribution in [1.82, 2.24) is 9.97 Å². The number of nitrogens with zero attached hydrogens (tertiary/aromatic N) is 1. The molecule has 0 fully saturated rings. The standard InChI is InChI=1S/C11H11F2N3/c1-7-14-5-11(16-7)6-15-10-3-8(12)2-9(13)4-10/h2-5,15H,6H2,1H3,(H,14,16). The first-order valence-corrected chi connectivity index (χ1v) is 4.84. The van der Waals surface area contributed by atoms with E-state index in [1.165, 1.54) is 12.1 Å². The molecule has 0 amide bonds. The van der Waals surface area contributed by atoms with Crippen LogP contribution >= 0.6 is 0 Å². The maximum atomic E-state index is 12.9. The van der Waals surface area contributed by atoms with Crippen molar-refractivity contribution in [2.45, 2.75) is 13.5 Å². The van der Waals surface area contributed by atoms with Crippen LogP contribution in [0.3, 0.4) is 0 Å². The number of anilines is 1. The summed E-state index contributed by atoms with van der Waals surface area (Å²) < 4.78 is 25.7. The maximum absolute atomic E-state index is 12.9. The minimum Gasteiger partial charge on any atom is -0.379 e. The van der Waals surface area contributed by atoms with Crippen LogP contribution in [0.4, 0.5) is 14.5 Å². The fraction of sp³-hybridized carbons (Fsp3) is 0.182. The SMILES string of the molecule is Cc1ncc(CNc2cc(F)cc(F)c2)[nH]1. The van der Waals surface area contributed by atoms with Gasteiger partial charge in [0.2, 0.25) is 0 Å². The number of aryl methyl sites for hydroxylation is 1. The summed E-state index contributed by atoms with van der Waals surface area (Å²) in [5.74, 6) is -0.381. The maximum Gasteiger partial charge on any atom is 0.128 e. The average Bonchev–Trinajstić information content (AvgIpc) is 2.60. The first-order chi connectivity index (χ1) is 7.63. The monoisotopic (exact) mass is 223 g/mol. The quantitative estimate of drug-likeness (QED) is 0.839. The number of hydrogen-bond donors (Lipinski definition) is 2. The smallest absolute Gasteiger partial charge is 0.128 e. The van der Waals surface area contributed by atoms with Crippen molar-refractivity contribution in [2.24, 2.45) is 0 Å². The average molecular weight is 223 g/mol. The molecule has 0 spiro atoms. The number of H-pyrrole nitrogens is 1. The zero-order valence-corrected chi connectivity index (χ0v) is 8.72. The Bertz CT molecular complexity index is 473. The predicted octanol–water partition coefficient (Wildman–Crippen LogP) is 2.61. The van der Waals surface area contributed by atoms with Crippen molar-refractivity contribution >= 4 is 5.69 Å². The molecule has 0 radical (unpaired) electrons. The Morgan fingerprint density at radius 3 is 2.50 bits per heavy atom. The third-order valence-electron chi connectivity index (χ3n) is 2.10. The molecule has 0 unspecified atom stereocenters. The summed E-state index contributed by atoms with van der Waals surface area (Å²) in [6.45, 7) is 2.29. The zero-order chi connectivity index (χ0) is 11.5. The molecule has 2 N–H and O–H groups in total. The van der Waals surface area contributed by atoms with Crippen LogP contribution in [0.25, 0.3) is 0 Å². The van der Waals surface area contributed by atoms with E-state index in [4.69, 9.17) is 0 Å². The minimum atomic E-state index is -0.594. The second kappa shape index (κ2) is 4.30. The Kier molecular flexibility index (Phi) is 2.85. The summed E-state index contributed by atoms with van der Waals surface area (Å²) in [6, 6.07) is 3.32. The molecule has 2 rings (SSSR count). The fourth-order valence-electron chi connectivity index (χ4n) is 1.41. The molecule has 16 heavy (non-hydrogen) atoms. The molecule has 0 aliphatic rings. The number of aromatic nitrogens is 2. The van der Waals surface area contributed by atoms with E-state index in [1.807, 2.05) is 6.92 Å². The summed E-state index contributed by atoms with van der Waals surface area (Å²) in [7, 11) is 0. The van der Waals surface area contributed by atoms with Gasteiger partial charge in [-0.3, -0.25) is 0 Å². The number of imidazole rings is 1. The molecule has 5 heteroatoms. The Balaban J connectivity index is 2.04. The lowest BCUT2D eigenvalue weighted by Gasteiger charge is -2.04. The van der Waals surface area contributed by atoms with Gasteiger partial charge >= 0.3 is 0 Å². The summed E-state index contributed by atoms with van der Waals surface area (Å²) >= 11 is 0. The van der Waals surface area contributed by atoms with Crippen molar-refractivity contribution in [1.29, 1.82) is 0 Å². The van der Waals surface area contributed by atoms with Crippen LogP contribution in [0.15, 0.2) is 24.4 Å². The largest absolute Gasteiger partial charge is 0.379 e. The Morgan fingerprint density at radius 2 is 1.94 bits per heavy atom. The van der Waals surface area contributed by atoms with E-state index < -0.39 is 11.6 Å². The first kappa shape index (κ1) is 10.6. The van der Waals surface area contributed by atoms with E-state index in [0.29, 0.717) is 12.2 Å².